The summed E-state index contributed by atoms with van der Waals surface area (Å²) >= 11 is 0. The highest BCUT2D eigenvalue weighted by molar-refractivity contribution is 5.67. The van der Waals surface area contributed by atoms with Gasteiger partial charge in [-0.25, -0.2) is 5.43 Å². The van der Waals surface area contributed by atoms with E-state index in [4.69, 9.17) is 5.11 Å². The SMILES string of the molecule is O=C(O)CC1CNNC1c1ccccn1. The number of carboxylic acids is 1. The molecule has 1 aromatic rings. The Morgan fingerprint density at radius 2 is 2.47 bits per heavy atom. The van der Waals surface area contributed by atoms with Gasteiger partial charge >= 0.3 is 5.97 Å². The Morgan fingerprint density at radius 1 is 1.60 bits per heavy atom. The molecule has 5 nitrogen and oxygen atoms in total. The van der Waals surface area contributed by atoms with Gasteiger partial charge < -0.3 is 5.11 Å². The maximum absolute atomic E-state index is 10.7. The lowest BCUT2D eigenvalue weighted by Gasteiger charge is -2.15. The molecule has 2 atom stereocenters. The van der Waals surface area contributed by atoms with Crippen LogP contribution in [0.2, 0.25) is 0 Å². The van der Waals surface area contributed by atoms with Crippen LogP contribution in [-0.2, 0) is 4.79 Å². The van der Waals surface area contributed by atoms with E-state index in [0.29, 0.717) is 6.54 Å². The Labute approximate surface area is 87.5 Å². The lowest BCUT2D eigenvalue weighted by atomic mass is 9.95. The molecule has 1 aliphatic heterocycles. The highest BCUT2D eigenvalue weighted by Crippen LogP contribution is 2.25. The summed E-state index contributed by atoms with van der Waals surface area (Å²) in [6.45, 7) is 0.660. The Bertz CT molecular complexity index is 342. The molecule has 2 heterocycles. The van der Waals surface area contributed by atoms with Crippen LogP contribution in [0.25, 0.3) is 0 Å². The molecule has 0 aliphatic carbocycles. The van der Waals surface area contributed by atoms with Crippen LogP contribution < -0.4 is 10.9 Å². The number of nitrogens with zero attached hydrogens (tertiary/aromatic N) is 1. The van der Waals surface area contributed by atoms with Gasteiger partial charge in [0.2, 0.25) is 0 Å². The highest BCUT2D eigenvalue weighted by atomic mass is 16.4. The molecule has 2 rings (SSSR count). The van der Waals surface area contributed by atoms with Gasteiger partial charge in [-0.05, 0) is 12.1 Å². The molecule has 1 aromatic heterocycles. The number of hydrogen-bond donors (Lipinski definition) is 3. The van der Waals surface area contributed by atoms with Gasteiger partial charge in [0.05, 0.1) is 18.2 Å². The zero-order valence-electron chi connectivity index (χ0n) is 8.18. The largest absolute Gasteiger partial charge is 0.481 e. The van der Waals surface area contributed by atoms with E-state index in [2.05, 4.69) is 15.8 Å². The Morgan fingerprint density at radius 3 is 3.13 bits per heavy atom. The van der Waals surface area contributed by atoms with E-state index >= 15 is 0 Å². The van der Waals surface area contributed by atoms with Gasteiger partial charge in [0.15, 0.2) is 0 Å². The second-order valence-electron chi connectivity index (χ2n) is 3.62. The zero-order valence-corrected chi connectivity index (χ0v) is 8.18. The predicted molar refractivity (Wildman–Crippen MR) is 53.9 cm³/mol. The van der Waals surface area contributed by atoms with Gasteiger partial charge in [-0.3, -0.25) is 15.2 Å². The fraction of sp³-hybridized carbons (Fsp3) is 0.400. The van der Waals surface area contributed by atoms with Crippen LogP contribution in [0.4, 0.5) is 0 Å². The predicted octanol–water partition coefficient (Wildman–Crippen LogP) is 0.321. The van der Waals surface area contributed by atoms with Crippen LogP contribution in [0.15, 0.2) is 24.4 Å². The molecule has 1 saturated heterocycles. The summed E-state index contributed by atoms with van der Waals surface area (Å²) in [7, 11) is 0. The van der Waals surface area contributed by atoms with E-state index in [0.717, 1.165) is 5.69 Å². The molecule has 15 heavy (non-hydrogen) atoms. The van der Waals surface area contributed by atoms with Crippen molar-refractivity contribution in [2.75, 3.05) is 6.54 Å². The number of nitrogens with one attached hydrogen (secondary N) is 2. The zero-order chi connectivity index (χ0) is 10.7. The van der Waals surface area contributed by atoms with Crippen molar-refractivity contribution in [1.29, 1.82) is 0 Å². The van der Waals surface area contributed by atoms with Gasteiger partial charge in [0, 0.05) is 18.7 Å². The van der Waals surface area contributed by atoms with Crippen molar-refractivity contribution in [2.24, 2.45) is 5.92 Å². The molecule has 0 saturated carbocycles. The van der Waals surface area contributed by atoms with Gasteiger partial charge in [-0.15, -0.1) is 0 Å². The maximum atomic E-state index is 10.7. The van der Waals surface area contributed by atoms with Crippen LogP contribution in [0, 0.1) is 5.92 Å². The summed E-state index contributed by atoms with van der Waals surface area (Å²) in [4.78, 5) is 14.9. The second-order valence-corrected chi connectivity index (χ2v) is 3.62. The molecule has 0 radical (unpaired) electrons. The van der Waals surface area contributed by atoms with Crippen molar-refractivity contribution in [3.05, 3.63) is 30.1 Å². The van der Waals surface area contributed by atoms with E-state index in [1.54, 1.807) is 6.20 Å². The third kappa shape index (κ3) is 2.31. The molecule has 80 valence electrons. The van der Waals surface area contributed by atoms with E-state index in [1.807, 2.05) is 18.2 Å². The molecule has 0 aromatic carbocycles. The van der Waals surface area contributed by atoms with E-state index in [1.165, 1.54) is 0 Å². The van der Waals surface area contributed by atoms with Crippen molar-refractivity contribution in [2.45, 2.75) is 12.5 Å². The number of pyridine rings is 1. The summed E-state index contributed by atoms with van der Waals surface area (Å²) < 4.78 is 0. The lowest BCUT2D eigenvalue weighted by Crippen LogP contribution is -2.25. The van der Waals surface area contributed by atoms with Crippen molar-refractivity contribution in [3.8, 4) is 0 Å². The van der Waals surface area contributed by atoms with Crippen molar-refractivity contribution >= 4 is 5.97 Å². The van der Waals surface area contributed by atoms with Crippen LogP contribution in [0.1, 0.15) is 18.2 Å². The topological polar surface area (TPSA) is 74.2 Å². The maximum Gasteiger partial charge on any atom is 0.303 e. The Kier molecular flexibility index (Phi) is 2.94. The van der Waals surface area contributed by atoms with Gasteiger partial charge in [-0.2, -0.15) is 0 Å². The number of aliphatic carboxylic acids is 1. The molecule has 2 unspecified atom stereocenters. The first-order valence-corrected chi connectivity index (χ1v) is 4.88. The first kappa shape index (κ1) is 10.1. The number of carboxylic acid groups (broad SMARTS) is 1. The fourth-order valence-electron chi connectivity index (χ4n) is 1.83. The highest BCUT2D eigenvalue weighted by Gasteiger charge is 2.30. The smallest absolute Gasteiger partial charge is 0.303 e. The summed E-state index contributed by atoms with van der Waals surface area (Å²) in [6, 6.07) is 5.64. The molecule has 1 fully saturated rings. The first-order valence-electron chi connectivity index (χ1n) is 4.88. The Hall–Kier alpha value is -1.46. The Balaban J connectivity index is 2.11. The minimum absolute atomic E-state index is 0.0118. The number of hydrazine groups is 1. The van der Waals surface area contributed by atoms with Crippen LogP contribution in [0.5, 0.6) is 0 Å². The molecule has 1 aliphatic rings. The number of rotatable bonds is 3. The van der Waals surface area contributed by atoms with Crippen LogP contribution in [-0.4, -0.2) is 22.6 Å². The monoisotopic (exact) mass is 207 g/mol. The molecule has 0 bridgehead atoms. The van der Waals surface area contributed by atoms with E-state index in [-0.39, 0.29) is 18.4 Å². The molecule has 3 N–H and O–H groups in total. The lowest BCUT2D eigenvalue weighted by molar-refractivity contribution is -0.138. The average molecular weight is 207 g/mol. The molecule has 5 heteroatoms. The third-order valence-electron chi connectivity index (χ3n) is 2.54. The minimum atomic E-state index is -0.772. The van der Waals surface area contributed by atoms with Gasteiger partial charge in [-0.1, -0.05) is 6.07 Å². The van der Waals surface area contributed by atoms with Gasteiger partial charge in [0.1, 0.15) is 0 Å². The summed E-state index contributed by atoms with van der Waals surface area (Å²) in [5.41, 5.74) is 6.91. The molecule has 0 amide bonds. The minimum Gasteiger partial charge on any atom is -0.481 e. The number of hydrogen-bond acceptors (Lipinski definition) is 4. The molecule has 0 spiro atoms. The summed E-state index contributed by atoms with van der Waals surface area (Å²) in [5.74, 6) is -0.719. The summed E-state index contributed by atoms with van der Waals surface area (Å²) in [6.07, 6.45) is 1.87. The molecular weight excluding hydrogens is 194 g/mol. The van der Waals surface area contributed by atoms with E-state index in [9.17, 15) is 4.79 Å². The van der Waals surface area contributed by atoms with Crippen molar-refractivity contribution < 1.29 is 9.90 Å². The normalized spacial score (nSPS) is 25.3. The summed E-state index contributed by atoms with van der Waals surface area (Å²) in [5, 5.41) is 8.76. The van der Waals surface area contributed by atoms with Gasteiger partial charge in [0.25, 0.3) is 0 Å². The fourth-order valence-corrected chi connectivity index (χ4v) is 1.83. The third-order valence-corrected chi connectivity index (χ3v) is 2.54. The van der Waals surface area contributed by atoms with Crippen molar-refractivity contribution in [1.82, 2.24) is 15.8 Å². The van der Waals surface area contributed by atoms with Crippen molar-refractivity contribution in [3.63, 3.8) is 0 Å². The standard InChI is InChI=1S/C10H13N3O2/c14-9(15)5-7-6-12-13-10(7)8-3-1-2-4-11-8/h1-4,7,10,12-13H,5-6H2,(H,14,15). The second kappa shape index (κ2) is 4.37. The number of carbonyl (C=O) groups is 1. The first-order chi connectivity index (χ1) is 7.27. The van der Waals surface area contributed by atoms with E-state index < -0.39 is 5.97 Å². The average Bonchev–Trinajstić information content (AvgIpc) is 2.66. The number of aromatic nitrogens is 1. The molecular formula is C10H13N3O2. The van der Waals surface area contributed by atoms with Crippen LogP contribution in [0.3, 0.4) is 0 Å². The van der Waals surface area contributed by atoms with Crippen LogP contribution >= 0.6 is 0 Å². The quantitative estimate of drug-likeness (QED) is 0.665.